The molecule has 0 aliphatic carbocycles. The Morgan fingerprint density at radius 1 is 1.38 bits per heavy atom. The third kappa shape index (κ3) is 2.59. The number of amides is 2. The minimum atomic E-state index is -0.660. The fourth-order valence-electron chi connectivity index (χ4n) is 2.67. The minimum absolute atomic E-state index is 0.0708. The zero-order chi connectivity index (χ0) is 14.9. The van der Waals surface area contributed by atoms with Crippen LogP contribution in [0.5, 0.6) is 0 Å². The fraction of sp³-hybridized carbons (Fsp3) is 0.312. The smallest absolute Gasteiger partial charge is 0.230 e. The molecular weight excluding hydrogens is 266 g/mol. The predicted molar refractivity (Wildman–Crippen MR) is 80.7 cm³/mol. The number of piperidine rings is 1. The Labute approximate surface area is 122 Å². The molecule has 0 bridgehead atoms. The molecule has 1 fully saturated rings. The number of carbonyl (C=O) groups is 2. The zero-order valence-electron chi connectivity index (χ0n) is 11.8. The summed E-state index contributed by atoms with van der Waals surface area (Å²) in [6.45, 7) is 2.38. The standard InChI is InChI=1S/C16H17N3O2/c1-16(6-8-18-14(20)9-16)15(21)19-13-4-2-3-11-5-7-17-10-12(11)13/h2-5,7,10H,6,8-9H2,1H3,(H,18,20)(H,19,21). The van der Waals surface area contributed by atoms with Crippen molar-refractivity contribution >= 4 is 28.3 Å². The molecule has 5 heteroatoms. The first-order chi connectivity index (χ1) is 10.1. The Kier molecular flexibility index (Phi) is 3.33. The van der Waals surface area contributed by atoms with Gasteiger partial charge in [0.2, 0.25) is 11.8 Å². The molecule has 2 heterocycles. The summed E-state index contributed by atoms with van der Waals surface area (Å²) in [5.41, 5.74) is 0.0741. The van der Waals surface area contributed by atoms with Gasteiger partial charge in [-0.05, 0) is 23.9 Å². The van der Waals surface area contributed by atoms with Crippen LogP contribution in [0.1, 0.15) is 19.8 Å². The highest BCUT2D eigenvalue weighted by atomic mass is 16.2. The van der Waals surface area contributed by atoms with E-state index < -0.39 is 5.41 Å². The summed E-state index contributed by atoms with van der Waals surface area (Å²) in [6.07, 6.45) is 4.33. The van der Waals surface area contributed by atoms with Crippen LogP contribution in [0.25, 0.3) is 10.8 Å². The van der Waals surface area contributed by atoms with Gasteiger partial charge in [-0.3, -0.25) is 14.6 Å². The SMILES string of the molecule is CC1(C(=O)Nc2cccc3ccncc23)CCNC(=O)C1. The molecule has 2 aromatic rings. The molecule has 0 spiro atoms. The zero-order valence-corrected chi connectivity index (χ0v) is 11.8. The number of hydrogen-bond donors (Lipinski definition) is 2. The second kappa shape index (κ2) is 5.16. The summed E-state index contributed by atoms with van der Waals surface area (Å²) >= 11 is 0. The van der Waals surface area contributed by atoms with Crippen LogP contribution in [-0.4, -0.2) is 23.3 Å². The average molecular weight is 283 g/mol. The quantitative estimate of drug-likeness (QED) is 0.886. The molecule has 21 heavy (non-hydrogen) atoms. The van der Waals surface area contributed by atoms with Crippen molar-refractivity contribution in [1.29, 1.82) is 0 Å². The second-order valence-electron chi connectivity index (χ2n) is 5.69. The van der Waals surface area contributed by atoms with Crippen molar-refractivity contribution in [2.45, 2.75) is 19.8 Å². The van der Waals surface area contributed by atoms with Crippen LogP contribution in [0.3, 0.4) is 0 Å². The Bertz CT molecular complexity index is 708. The lowest BCUT2D eigenvalue weighted by molar-refractivity contribution is -0.134. The van der Waals surface area contributed by atoms with Crippen molar-refractivity contribution in [2.24, 2.45) is 5.41 Å². The summed E-state index contributed by atoms with van der Waals surface area (Å²) in [6, 6.07) is 7.63. The first-order valence-corrected chi connectivity index (χ1v) is 6.99. The van der Waals surface area contributed by atoms with E-state index in [4.69, 9.17) is 0 Å². The molecule has 2 N–H and O–H groups in total. The molecule has 1 saturated heterocycles. The van der Waals surface area contributed by atoms with Crippen LogP contribution >= 0.6 is 0 Å². The second-order valence-corrected chi connectivity index (χ2v) is 5.69. The molecule has 1 unspecified atom stereocenters. The first-order valence-electron chi connectivity index (χ1n) is 6.99. The van der Waals surface area contributed by atoms with E-state index in [-0.39, 0.29) is 18.2 Å². The number of nitrogens with one attached hydrogen (secondary N) is 2. The van der Waals surface area contributed by atoms with E-state index in [1.54, 1.807) is 12.4 Å². The lowest BCUT2D eigenvalue weighted by Gasteiger charge is -2.31. The third-order valence-corrected chi connectivity index (χ3v) is 4.03. The number of pyridine rings is 1. The monoisotopic (exact) mass is 283 g/mol. The topological polar surface area (TPSA) is 71.1 Å². The third-order valence-electron chi connectivity index (χ3n) is 4.03. The molecule has 0 saturated carbocycles. The number of carbonyl (C=O) groups excluding carboxylic acids is 2. The fourth-order valence-corrected chi connectivity index (χ4v) is 2.67. The number of fused-ring (bicyclic) bond motifs is 1. The number of anilines is 1. The molecule has 108 valence electrons. The number of rotatable bonds is 2. The van der Waals surface area contributed by atoms with Gasteiger partial charge < -0.3 is 10.6 Å². The van der Waals surface area contributed by atoms with E-state index in [1.807, 2.05) is 31.2 Å². The van der Waals surface area contributed by atoms with E-state index in [2.05, 4.69) is 15.6 Å². The summed E-state index contributed by atoms with van der Waals surface area (Å²) in [4.78, 5) is 28.2. The minimum Gasteiger partial charge on any atom is -0.356 e. The van der Waals surface area contributed by atoms with Gasteiger partial charge in [0.25, 0.3) is 0 Å². The van der Waals surface area contributed by atoms with E-state index in [9.17, 15) is 9.59 Å². The van der Waals surface area contributed by atoms with Crippen molar-refractivity contribution in [3.63, 3.8) is 0 Å². The molecule has 3 rings (SSSR count). The maximum absolute atomic E-state index is 12.6. The summed E-state index contributed by atoms with van der Waals surface area (Å²) < 4.78 is 0. The van der Waals surface area contributed by atoms with E-state index in [0.717, 1.165) is 16.5 Å². The van der Waals surface area contributed by atoms with Crippen molar-refractivity contribution in [3.05, 3.63) is 36.7 Å². The van der Waals surface area contributed by atoms with Gasteiger partial charge in [-0.15, -0.1) is 0 Å². The highest BCUT2D eigenvalue weighted by molar-refractivity contribution is 6.04. The number of hydrogen-bond acceptors (Lipinski definition) is 3. The summed E-state index contributed by atoms with van der Waals surface area (Å²) in [7, 11) is 0. The van der Waals surface area contributed by atoms with E-state index in [1.165, 1.54) is 0 Å². The summed E-state index contributed by atoms with van der Waals surface area (Å²) in [5, 5.41) is 7.64. The molecule has 5 nitrogen and oxygen atoms in total. The lowest BCUT2D eigenvalue weighted by Crippen LogP contribution is -2.45. The molecule has 1 aliphatic rings. The molecule has 2 amide bonds. The van der Waals surface area contributed by atoms with Gasteiger partial charge >= 0.3 is 0 Å². The first kappa shape index (κ1) is 13.5. The van der Waals surface area contributed by atoms with E-state index >= 15 is 0 Å². The number of aromatic nitrogens is 1. The highest BCUT2D eigenvalue weighted by Crippen LogP contribution is 2.31. The Morgan fingerprint density at radius 2 is 2.24 bits per heavy atom. The molecular formula is C16H17N3O2. The number of nitrogens with zero attached hydrogens (tertiary/aromatic N) is 1. The van der Waals surface area contributed by atoms with Crippen molar-refractivity contribution in [2.75, 3.05) is 11.9 Å². The Balaban J connectivity index is 1.88. The molecule has 1 atom stereocenters. The Morgan fingerprint density at radius 3 is 3.05 bits per heavy atom. The number of benzene rings is 1. The van der Waals surface area contributed by atoms with Gasteiger partial charge in [-0.2, -0.15) is 0 Å². The van der Waals surface area contributed by atoms with Gasteiger partial charge in [-0.1, -0.05) is 19.1 Å². The molecule has 0 radical (unpaired) electrons. The van der Waals surface area contributed by atoms with Gasteiger partial charge in [0.1, 0.15) is 0 Å². The normalized spacial score (nSPS) is 21.9. The lowest BCUT2D eigenvalue weighted by atomic mass is 9.79. The van der Waals surface area contributed by atoms with Crippen LogP contribution in [-0.2, 0) is 9.59 Å². The average Bonchev–Trinajstić information content (AvgIpc) is 2.47. The maximum Gasteiger partial charge on any atom is 0.230 e. The van der Waals surface area contributed by atoms with Crippen LogP contribution < -0.4 is 10.6 Å². The maximum atomic E-state index is 12.6. The van der Waals surface area contributed by atoms with Crippen LogP contribution in [0.15, 0.2) is 36.7 Å². The molecule has 1 aromatic carbocycles. The van der Waals surface area contributed by atoms with Gasteiger partial charge in [0.05, 0.1) is 11.1 Å². The van der Waals surface area contributed by atoms with E-state index in [0.29, 0.717) is 13.0 Å². The van der Waals surface area contributed by atoms with Gasteiger partial charge in [0.15, 0.2) is 0 Å². The predicted octanol–water partition coefficient (Wildman–Crippen LogP) is 2.09. The Hall–Kier alpha value is -2.43. The highest BCUT2D eigenvalue weighted by Gasteiger charge is 2.38. The van der Waals surface area contributed by atoms with Gasteiger partial charge in [0, 0.05) is 30.7 Å². The summed E-state index contributed by atoms with van der Waals surface area (Å²) in [5.74, 6) is -0.188. The van der Waals surface area contributed by atoms with Crippen molar-refractivity contribution < 1.29 is 9.59 Å². The van der Waals surface area contributed by atoms with Crippen molar-refractivity contribution in [1.82, 2.24) is 10.3 Å². The van der Waals surface area contributed by atoms with Gasteiger partial charge in [-0.25, -0.2) is 0 Å². The molecule has 1 aromatic heterocycles. The van der Waals surface area contributed by atoms with Crippen molar-refractivity contribution in [3.8, 4) is 0 Å². The molecule has 1 aliphatic heterocycles. The van der Waals surface area contributed by atoms with Crippen LogP contribution in [0.2, 0.25) is 0 Å². The largest absolute Gasteiger partial charge is 0.356 e. The van der Waals surface area contributed by atoms with Crippen LogP contribution in [0.4, 0.5) is 5.69 Å². The van der Waals surface area contributed by atoms with Crippen LogP contribution in [0, 0.1) is 5.41 Å².